The summed E-state index contributed by atoms with van der Waals surface area (Å²) < 4.78 is 0. The van der Waals surface area contributed by atoms with Crippen LogP contribution in [0.15, 0.2) is 30.3 Å². The molecule has 2 aromatic carbocycles. The van der Waals surface area contributed by atoms with Gasteiger partial charge in [0.1, 0.15) is 0 Å². The summed E-state index contributed by atoms with van der Waals surface area (Å²) in [6.45, 7) is 3.79. The van der Waals surface area contributed by atoms with E-state index in [4.69, 9.17) is 0 Å². The van der Waals surface area contributed by atoms with Gasteiger partial charge in [0.05, 0.1) is 0 Å². The largest absolute Gasteiger partial charge is 0.504 e. The summed E-state index contributed by atoms with van der Waals surface area (Å²) in [5, 5.41) is 45.0. The third kappa shape index (κ3) is 7.65. The number of hydrogen-bond donors (Lipinski definition) is 6. The Morgan fingerprint density at radius 3 is 2.13 bits per heavy atom. The number of fused-ring (bicyclic) bond motifs is 1. The monoisotopic (exact) mass is 472 g/mol. The second-order valence-corrected chi connectivity index (χ2v) is 7.84. The molecule has 0 radical (unpaired) electrons. The van der Waals surface area contributed by atoms with E-state index in [0.717, 1.165) is 68.6 Å². The van der Waals surface area contributed by atoms with E-state index in [-0.39, 0.29) is 47.8 Å². The maximum atomic E-state index is 9.79. The summed E-state index contributed by atoms with van der Waals surface area (Å²) in [5.41, 5.74) is 3.06. The van der Waals surface area contributed by atoms with Crippen molar-refractivity contribution in [2.24, 2.45) is 0 Å². The van der Waals surface area contributed by atoms with E-state index in [2.05, 4.69) is 10.6 Å². The first kappa shape index (κ1) is 27.2. The summed E-state index contributed by atoms with van der Waals surface area (Å²) in [7, 11) is 0. The van der Waals surface area contributed by atoms with Crippen molar-refractivity contribution in [1.29, 1.82) is 0 Å². The van der Waals surface area contributed by atoms with Gasteiger partial charge in [-0.05, 0) is 74.6 Å². The summed E-state index contributed by atoms with van der Waals surface area (Å²) in [4.78, 5) is 0. The van der Waals surface area contributed by atoms with Crippen LogP contribution in [0, 0.1) is 0 Å². The third-order valence-electron chi connectivity index (χ3n) is 5.67. The van der Waals surface area contributed by atoms with E-state index < -0.39 is 0 Å². The topological polar surface area (TPSA) is 105 Å². The van der Waals surface area contributed by atoms with Crippen LogP contribution < -0.4 is 10.6 Å². The fraction of sp³-hybridized carbons (Fsp3) is 0.478. The molecule has 2 aromatic rings. The summed E-state index contributed by atoms with van der Waals surface area (Å²) in [6.07, 6.45) is 6.38. The Kier molecular flexibility index (Phi) is 11.9. The maximum Gasteiger partial charge on any atom is 0.160 e. The van der Waals surface area contributed by atoms with Gasteiger partial charge in [-0.15, -0.1) is 24.8 Å². The number of phenols is 4. The van der Waals surface area contributed by atoms with E-state index in [9.17, 15) is 20.4 Å². The van der Waals surface area contributed by atoms with Crippen LogP contribution in [0.1, 0.15) is 48.3 Å². The Morgan fingerprint density at radius 1 is 0.742 bits per heavy atom. The highest BCUT2D eigenvalue weighted by Crippen LogP contribution is 2.44. The standard InChI is InChI=1S/C23H32N2O4.2ClH/c26-20-7-5-16(13-22(20)28)9-12-24-10-3-1-2-4-11-25-15-17-14-19-18(17)6-8-21(27)23(19)29;;/h5-8,13,17,24-29H,1-4,9-12,14-15H2;2*1H. The van der Waals surface area contributed by atoms with Gasteiger partial charge >= 0.3 is 0 Å². The van der Waals surface area contributed by atoms with Gasteiger partial charge in [-0.2, -0.15) is 0 Å². The van der Waals surface area contributed by atoms with Crippen molar-refractivity contribution in [3.8, 4) is 23.0 Å². The van der Waals surface area contributed by atoms with Crippen LogP contribution in [0.25, 0.3) is 0 Å². The zero-order chi connectivity index (χ0) is 20.6. The molecular weight excluding hydrogens is 439 g/mol. The van der Waals surface area contributed by atoms with Crippen molar-refractivity contribution < 1.29 is 20.4 Å². The summed E-state index contributed by atoms with van der Waals surface area (Å²) in [6, 6.07) is 8.45. The lowest BCUT2D eigenvalue weighted by Gasteiger charge is -2.31. The van der Waals surface area contributed by atoms with Crippen molar-refractivity contribution >= 4 is 24.8 Å². The predicted molar refractivity (Wildman–Crippen MR) is 128 cm³/mol. The summed E-state index contributed by atoms with van der Waals surface area (Å²) in [5.74, 6) is 0.331. The quantitative estimate of drug-likeness (QED) is 0.206. The smallest absolute Gasteiger partial charge is 0.160 e. The molecule has 8 heteroatoms. The van der Waals surface area contributed by atoms with Gasteiger partial charge in [-0.1, -0.05) is 25.0 Å². The average molecular weight is 473 g/mol. The molecule has 0 amide bonds. The van der Waals surface area contributed by atoms with Crippen molar-refractivity contribution in [3.05, 3.63) is 47.0 Å². The minimum atomic E-state index is -0.0757. The van der Waals surface area contributed by atoms with Crippen LogP contribution in [-0.4, -0.2) is 46.6 Å². The van der Waals surface area contributed by atoms with E-state index in [0.29, 0.717) is 5.92 Å². The van der Waals surface area contributed by atoms with Crippen molar-refractivity contribution in [3.63, 3.8) is 0 Å². The van der Waals surface area contributed by atoms with Crippen molar-refractivity contribution in [2.45, 2.75) is 44.4 Å². The predicted octanol–water partition coefficient (Wildman–Crippen LogP) is 3.97. The van der Waals surface area contributed by atoms with Crippen molar-refractivity contribution in [2.75, 3.05) is 26.2 Å². The van der Waals surface area contributed by atoms with Crippen LogP contribution in [0.2, 0.25) is 0 Å². The molecule has 0 heterocycles. The number of halogens is 2. The Labute approximate surface area is 196 Å². The second-order valence-electron chi connectivity index (χ2n) is 7.84. The minimum absolute atomic E-state index is 0. The summed E-state index contributed by atoms with van der Waals surface area (Å²) >= 11 is 0. The molecule has 6 nitrogen and oxygen atoms in total. The number of aromatic hydroxyl groups is 4. The molecule has 0 saturated heterocycles. The molecule has 31 heavy (non-hydrogen) atoms. The van der Waals surface area contributed by atoms with Gasteiger partial charge < -0.3 is 31.1 Å². The first-order valence-electron chi connectivity index (χ1n) is 10.5. The fourth-order valence-corrected chi connectivity index (χ4v) is 3.86. The molecule has 0 aromatic heterocycles. The fourth-order valence-electron chi connectivity index (χ4n) is 3.86. The highest BCUT2D eigenvalue weighted by atomic mass is 35.5. The second kappa shape index (κ2) is 13.5. The third-order valence-corrected chi connectivity index (χ3v) is 5.67. The molecule has 0 bridgehead atoms. The number of rotatable bonds is 12. The van der Waals surface area contributed by atoms with Gasteiger partial charge in [0, 0.05) is 18.0 Å². The van der Waals surface area contributed by atoms with Gasteiger partial charge in [0.25, 0.3) is 0 Å². The maximum absolute atomic E-state index is 9.79. The Bertz CT molecular complexity index is 820. The molecule has 3 rings (SSSR count). The van der Waals surface area contributed by atoms with E-state index in [1.807, 2.05) is 12.1 Å². The molecule has 0 fully saturated rings. The molecule has 1 unspecified atom stereocenters. The molecule has 0 aliphatic heterocycles. The first-order chi connectivity index (χ1) is 14.1. The molecule has 174 valence electrons. The number of unbranched alkanes of at least 4 members (excludes halogenated alkanes) is 3. The molecular formula is C23H34Cl2N2O4. The van der Waals surface area contributed by atoms with Gasteiger partial charge in [-0.25, -0.2) is 0 Å². The first-order valence-corrected chi connectivity index (χ1v) is 10.5. The molecule has 0 saturated carbocycles. The molecule has 6 N–H and O–H groups in total. The van der Waals surface area contributed by atoms with E-state index >= 15 is 0 Å². The molecule has 1 aliphatic rings. The van der Waals surface area contributed by atoms with Crippen molar-refractivity contribution in [1.82, 2.24) is 10.6 Å². The lowest BCUT2D eigenvalue weighted by atomic mass is 9.77. The Morgan fingerprint density at radius 2 is 1.42 bits per heavy atom. The number of phenolic OH excluding ortho intramolecular Hbond substituents is 4. The molecule has 1 atom stereocenters. The van der Waals surface area contributed by atoms with E-state index in [1.54, 1.807) is 12.1 Å². The van der Waals surface area contributed by atoms with Gasteiger partial charge in [-0.3, -0.25) is 0 Å². The lowest BCUT2D eigenvalue weighted by Crippen LogP contribution is -2.29. The highest BCUT2D eigenvalue weighted by Gasteiger charge is 2.29. The highest BCUT2D eigenvalue weighted by molar-refractivity contribution is 5.85. The van der Waals surface area contributed by atoms with E-state index in [1.165, 1.54) is 18.9 Å². The minimum Gasteiger partial charge on any atom is -0.504 e. The van der Waals surface area contributed by atoms with Crippen LogP contribution >= 0.6 is 24.8 Å². The molecule has 1 aliphatic carbocycles. The lowest BCUT2D eigenvalue weighted by molar-refractivity contribution is 0.388. The number of nitrogens with one attached hydrogen (secondary N) is 2. The van der Waals surface area contributed by atoms with Gasteiger partial charge in [0.2, 0.25) is 0 Å². The zero-order valence-corrected chi connectivity index (χ0v) is 19.3. The normalized spacial score (nSPS) is 14.1. The van der Waals surface area contributed by atoms with Crippen LogP contribution in [0.4, 0.5) is 0 Å². The number of hydrogen-bond acceptors (Lipinski definition) is 6. The Balaban J connectivity index is 0.00000240. The zero-order valence-electron chi connectivity index (χ0n) is 17.6. The average Bonchev–Trinajstić information content (AvgIpc) is 2.69. The Hall–Kier alpha value is -1.86. The SMILES string of the molecule is Cl.Cl.Oc1ccc(CCNCCCCCCNCC2Cc3c2ccc(O)c3O)cc1O. The van der Waals surface area contributed by atoms with Crippen LogP contribution in [0.3, 0.4) is 0 Å². The van der Waals surface area contributed by atoms with Crippen LogP contribution in [-0.2, 0) is 12.8 Å². The van der Waals surface area contributed by atoms with Gasteiger partial charge in [0.15, 0.2) is 23.0 Å². The molecule has 0 spiro atoms. The number of benzene rings is 2. The van der Waals surface area contributed by atoms with Crippen LogP contribution in [0.5, 0.6) is 23.0 Å².